The second kappa shape index (κ2) is 19.1. The third kappa shape index (κ3) is 12.0. The van der Waals surface area contributed by atoms with Gasteiger partial charge in [-0.2, -0.15) is 12.6 Å². The lowest BCUT2D eigenvalue weighted by Gasteiger charge is -2.41. The van der Waals surface area contributed by atoms with Crippen LogP contribution in [0.3, 0.4) is 0 Å². The van der Waals surface area contributed by atoms with Gasteiger partial charge in [-0.15, -0.1) is 0 Å². The van der Waals surface area contributed by atoms with Crippen molar-refractivity contribution in [3.05, 3.63) is 11.8 Å². The topological polar surface area (TPSA) is 107 Å². The molecule has 0 radical (unpaired) electrons. The van der Waals surface area contributed by atoms with Crippen LogP contribution in [0.25, 0.3) is 0 Å². The van der Waals surface area contributed by atoms with Crippen LogP contribution >= 0.6 is 12.6 Å². The molecule has 0 aromatic heterocycles. The summed E-state index contributed by atoms with van der Waals surface area (Å²) < 4.78 is 32.4. The van der Waals surface area contributed by atoms with Crippen molar-refractivity contribution in [2.45, 2.75) is 46.1 Å². The Balaban J connectivity index is 6.16. The average Bonchev–Trinajstić information content (AvgIpc) is 2.79. The second-order valence-corrected chi connectivity index (χ2v) is 8.58. The van der Waals surface area contributed by atoms with Crippen LogP contribution in [0.5, 0.6) is 0 Å². The quantitative estimate of drug-likeness (QED) is 0.0805. The van der Waals surface area contributed by atoms with E-state index >= 15 is 0 Å². The molecule has 0 saturated heterocycles. The smallest absolute Gasteiger partial charge is 0.244 e. The van der Waals surface area contributed by atoms with Crippen molar-refractivity contribution in [1.82, 2.24) is 25.3 Å². The molecule has 12 heteroatoms. The van der Waals surface area contributed by atoms with Crippen molar-refractivity contribution in [3.8, 4) is 0 Å². The molecule has 0 aromatic rings. The molecule has 0 fully saturated rings. The van der Waals surface area contributed by atoms with Gasteiger partial charge in [-0.25, -0.2) is 13.8 Å². The highest BCUT2D eigenvalue weighted by molar-refractivity contribution is 7.80. The van der Waals surface area contributed by atoms with E-state index in [9.17, 15) is 8.78 Å². The van der Waals surface area contributed by atoms with E-state index in [-0.39, 0.29) is 19.4 Å². The highest BCUT2D eigenvalue weighted by Gasteiger charge is 2.26. The van der Waals surface area contributed by atoms with Gasteiger partial charge >= 0.3 is 0 Å². The lowest BCUT2D eigenvalue weighted by atomic mass is 10.0. The van der Waals surface area contributed by atoms with Gasteiger partial charge in [-0.05, 0) is 32.2 Å². The molecular weight excluding hydrogens is 462 g/mol. The number of alkyl halides is 2. The van der Waals surface area contributed by atoms with Crippen molar-refractivity contribution in [3.63, 3.8) is 0 Å². The largest absolute Gasteiger partial charge is 0.388 e. The minimum Gasteiger partial charge on any atom is -0.388 e. The van der Waals surface area contributed by atoms with Gasteiger partial charge in [0.2, 0.25) is 6.43 Å². The van der Waals surface area contributed by atoms with Gasteiger partial charge in [0, 0.05) is 58.6 Å². The zero-order valence-electron chi connectivity index (χ0n) is 21.8. The van der Waals surface area contributed by atoms with Crippen molar-refractivity contribution in [2.75, 3.05) is 72.8 Å². The first kappa shape index (κ1) is 32.8. The minimum atomic E-state index is -2.51. The molecule has 0 aliphatic rings. The number of hydrogen-bond acceptors (Lipinski definition) is 8. The van der Waals surface area contributed by atoms with Gasteiger partial charge in [0.25, 0.3) is 0 Å². The van der Waals surface area contributed by atoms with E-state index in [0.29, 0.717) is 37.0 Å². The number of nitrogens with one attached hydrogen (secondary N) is 2. The highest BCUT2D eigenvalue weighted by atomic mass is 32.1. The zero-order chi connectivity index (χ0) is 26.1. The highest BCUT2D eigenvalue weighted by Crippen LogP contribution is 2.19. The van der Waals surface area contributed by atoms with Crippen molar-refractivity contribution >= 4 is 18.6 Å². The first-order chi connectivity index (χ1) is 16.2. The number of hydrogen-bond donors (Lipinski definition) is 5. The Morgan fingerprint density at radius 2 is 1.88 bits per heavy atom. The third-order valence-corrected chi connectivity index (χ3v) is 5.62. The normalized spacial score (nSPS) is 14.8. The summed E-state index contributed by atoms with van der Waals surface area (Å²) in [4.78, 5) is 11.3. The van der Waals surface area contributed by atoms with Crippen LogP contribution in [0.15, 0.2) is 16.8 Å². The van der Waals surface area contributed by atoms with Gasteiger partial charge in [0.1, 0.15) is 6.29 Å². The van der Waals surface area contributed by atoms with Crippen molar-refractivity contribution in [1.29, 1.82) is 0 Å². The summed E-state index contributed by atoms with van der Waals surface area (Å²) in [6.45, 7) is 9.55. The molecule has 0 spiro atoms. The molecule has 0 saturated carbocycles. The molecular formula is C22H48F2N8OS. The van der Waals surface area contributed by atoms with Crippen LogP contribution in [0.1, 0.15) is 27.2 Å². The molecule has 0 aromatic carbocycles. The predicted molar refractivity (Wildman–Crippen MR) is 141 cm³/mol. The summed E-state index contributed by atoms with van der Waals surface area (Å²) in [6, 6.07) is 0. The number of nitrogens with two attached hydrogens (primary N) is 2. The van der Waals surface area contributed by atoms with Crippen LogP contribution < -0.4 is 22.1 Å². The SMILES string of the molecule is CCCN(CCS)[C@@H](NC)N(C)C(=NC/C(=C/NCC(N)N)[C@@H](C)C(F)F)N(CC)CCOC. The molecule has 6 N–H and O–H groups in total. The second-order valence-electron chi connectivity index (χ2n) is 8.14. The summed E-state index contributed by atoms with van der Waals surface area (Å²) in [7, 11) is 5.51. The van der Waals surface area contributed by atoms with Crippen LogP contribution in [0.2, 0.25) is 0 Å². The number of nitrogens with zero attached hydrogens (tertiary/aromatic N) is 4. The summed E-state index contributed by atoms with van der Waals surface area (Å²) in [5.41, 5.74) is 11.6. The van der Waals surface area contributed by atoms with E-state index in [2.05, 4.69) is 40.0 Å². The molecule has 0 aliphatic carbocycles. The Labute approximate surface area is 210 Å². The van der Waals surface area contributed by atoms with Gasteiger partial charge in [-0.3, -0.25) is 10.2 Å². The lowest BCUT2D eigenvalue weighted by Crippen LogP contribution is -2.60. The number of guanidine groups is 1. The maximum Gasteiger partial charge on any atom is 0.244 e. The van der Waals surface area contributed by atoms with Gasteiger partial charge in [0.05, 0.1) is 19.3 Å². The summed E-state index contributed by atoms with van der Waals surface area (Å²) in [5.74, 6) is 0.446. The molecule has 9 nitrogen and oxygen atoms in total. The molecule has 34 heavy (non-hydrogen) atoms. The monoisotopic (exact) mass is 510 g/mol. The predicted octanol–water partition coefficient (Wildman–Crippen LogP) is 1.01. The molecule has 0 heterocycles. The Kier molecular flexibility index (Phi) is 18.4. The number of ether oxygens (including phenoxy) is 1. The first-order valence-corrected chi connectivity index (χ1v) is 12.6. The van der Waals surface area contributed by atoms with Crippen LogP contribution in [-0.2, 0) is 4.74 Å². The van der Waals surface area contributed by atoms with E-state index in [0.717, 1.165) is 19.5 Å². The van der Waals surface area contributed by atoms with Gasteiger partial charge in [0.15, 0.2) is 5.96 Å². The van der Waals surface area contributed by atoms with E-state index < -0.39 is 18.5 Å². The Morgan fingerprint density at radius 3 is 2.35 bits per heavy atom. The van der Waals surface area contributed by atoms with Crippen LogP contribution in [0.4, 0.5) is 8.78 Å². The zero-order valence-corrected chi connectivity index (χ0v) is 22.7. The number of thiol groups is 1. The van der Waals surface area contributed by atoms with Crippen molar-refractivity contribution < 1.29 is 13.5 Å². The number of aliphatic imine (C=N–C) groups is 1. The first-order valence-electron chi connectivity index (χ1n) is 11.9. The van der Waals surface area contributed by atoms with Crippen molar-refractivity contribution in [2.24, 2.45) is 22.4 Å². The third-order valence-electron chi connectivity index (χ3n) is 5.42. The molecule has 0 aliphatic heterocycles. The molecule has 0 rings (SSSR count). The molecule has 0 unspecified atom stereocenters. The summed E-state index contributed by atoms with van der Waals surface area (Å²) in [6.07, 6.45) is -0.679. The number of likely N-dealkylation sites (N-methyl/N-ethyl adjacent to an activating group) is 1. The van der Waals surface area contributed by atoms with E-state index in [1.807, 2.05) is 25.9 Å². The molecule has 0 bridgehead atoms. The summed E-state index contributed by atoms with van der Waals surface area (Å²) in [5, 5.41) is 6.31. The maximum absolute atomic E-state index is 13.6. The fourth-order valence-corrected chi connectivity index (χ4v) is 3.77. The number of methoxy groups -OCH3 is 1. The fourth-order valence-electron chi connectivity index (χ4n) is 3.51. The molecule has 202 valence electrons. The van der Waals surface area contributed by atoms with E-state index in [4.69, 9.17) is 21.2 Å². The van der Waals surface area contributed by atoms with Crippen LogP contribution in [0, 0.1) is 5.92 Å². The van der Waals surface area contributed by atoms with Gasteiger partial charge in [-0.1, -0.05) is 13.8 Å². The average molecular weight is 511 g/mol. The standard InChI is InChI=1S/C22H48F2N8OS/c1-7-9-32(11-13-34)21(27-4)30(5)22(31(8-2)10-12-33-6)29-15-18(17(3)20(23)24)14-28-16-19(25)26/h14,17,19-21,27-28,34H,7-13,15-16,25-26H2,1-6H3/b18-14-,29-22?/t17-,21+/m1/s1. The van der Waals surface area contributed by atoms with Gasteiger partial charge < -0.3 is 31.3 Å². The van der Waals surface area contributed by atoms with E-state index in [1.165, 1.54) is 6.92 Å². The van der Waals surface area contributed by atoms with E-state index in [1.54, 1.807) is 13.3 Å². The minimum absolute atomic E-state index is 0.109. The van der Waals surface area contributed by atoms with Crippen LogP contribution in [-0.4, -0.2) is 112 Å². The molecule has 2 atom stereocenters. The Hall–Kier alpha value is -1.18. The molecule has 0 amide bonds. The summed E-state index contributed by atoms with van der Waals surface area (Å²) >= 11 is 4.42. The Morgan fingerprint density at radius 1 is 1.21 bits per heavy atom. The lowest BCUT2D eigenvalue weighted by molar-refractivity contribution is 0.0779. The fraction of sp³-hybridized carbons (Fsp3) is 0.864. The number of rotatable bonds is 18. The Bertz CT molecular complexity index is 577. The number of halogens is 2. The maximum atomic E-state index is 13.6.